The normalized spacial score (nSPS) is 20.7. The number of hydrogen-bond acceptors (Lipinski definition) is 2. The SMILES string of the molecule is CCCNC(c1c(F)cc(F)cc1F)C1CCOC1. The van der Waals surface area contributed by atoms with Crippen LogP contribution in [-0.4, -0.2) is 19.8 Å². The third-order valence-electron chi connectivity index (χ3n) is 3.41. The van der Waals surface area contributed by atoms with E-state index in [0.29, 0.717) is 19.8 Å². The second-order valence-corrected chi connectivity index (χ2v) is 4.84. The number of benzene rings is 1. The summed E-state index contributed by atoms with van der Waals surface area (Å²) in [6, 6.07) is 0.993. The van der Waals surface area contributed by atoms with E-state index in [2.05, 4.69) is 5.32 Å². The molecule has 2 rings (SSSR count). The number of nitrogens with one attached hydrogen (secondary N) is 1. The van der Waals surface area contributed by atoms with Crippen molar-refractivity contribution in [2.45, 2.75) is 25.8 Å². The molecule has 1 heterocycles. The minimum absolute atomic E-state index is 0.0148. The van der Waals surface area contributed by atoms with Crippen LogP contribution < -0.4 is 5.32 Å². The van der Waals surface area contributed by atoms with Crippen LogP contribution in [0.25, 0.3) is 0 Å². The van der Waals surface area contributed by atoms with Crippen molar-refractivity contribution in [1.82, 2.24) is 5.32 Å². The molecule has 2 atom stereocenters. The standard InChI is InChI=1S/C14H18F3NO/c1-2-4-18-14(9-3-5-19-8-9)13-11(16)6-10(15)7-12(13)17/h6-7,9,14,18H,2-5,8H2,1H3. The van der Waals surface area contributed by atoms with E-state index in [9.17, 15) is 13.2 Å². The monoisotopic (exact) mass is 273 g/mol. The Hall–Kier alpha value is -1.07. The summed E-state index contributed by atoms with van der Waals surface area (Å²) in [7, 11) is 0. The second kappa shape index (κ2) is 6.39. The van der Waals surface area contributed by atoms with Gasteiger partial charge in [0.1, 0.15) is 17.5 Å². The first-order chi connectivity index (χ1) is 9.13. The molecule has 5 heteroatoms. The van der Waals surface area contributed by atoms with Crippen LogP contribution in [0.2, 0.25) is 0 Å². The van der Waals surface area contributed by atoms with Crippen molar-refractivity contribution in [3.05, 3.63) is 35.1 Å². The van der Waals surface area contributed by atoms with Gasteiger partial charge in [-0.3, -0.25) is 0 Å². The highest BCUT2D eigenvalue weighted by Gasteiger charge is 2.31. The summed E-state index contributed by atoms with van der Waals surface area (Å²) in [5.41, 5.74) is -0.0784. The van der Waals surface area contributed by atoms with Crippen LogP contribution >= 0.6 is 0 Å². The van der Waals surface area contributed by atoms with Gasteiger partial charge < -0.3 is 10.1 Å². The first-order valence-corrected chi connectivity index (χ1v) is 6.59. The summed E-state index contributed by atoms with van der Waals surface area (Å²) in [6.07, 6.45) is 1.60. The fraction of sp³-hybridized carbons (Fsp3) is 0.571. The van der Waals surface area contributed by atoms with E-state index < -0.39 is 23.5 Å². The molecule has 0 bridgehead atoms. The zero-order chi connectivity index (χ0) is 13.8. The van der Waals surface area contributed by atoms with Crippen LogP contribution in [0.3, 0.4) is 0 Å². The Bertz CT molecular complexity index is 410. The number of hydrogen-bond donors (Lipinski definition) is 1. The lowest BCUT2D eigenvalue weighted by atomic mass is 9.91. The summed E-state index contributed by atoms with van der Waals surface area (Å²) >= 11 is 0. The molecule has 1 aromatic rings. The summed E-state index contributed by atoms with van der Waals surface area (Å²) in [5.74, 6) is -2.55. The van der Waals surface area contributed by atoms with Crippen LogP contribution in [0.4, 0.5) is 13.2 Å². The van der Waals surface area contributed by atoms with E-state index in [1.807, 2.05) is 6.92 Å². The number of ether oxygens (including phenoxy) is 1. The minimum Gasteiger partial charge on any atom is -0.381 e. The van der Waals surface area contributed by atoms with Crippen molar-refractivity contribution in [2.75, 3.05) is 19.8 Å². The Morgan fingerprint density at radius 3 is 2.53 bits per heavy atom. The van der Waals surface area contributed by atoms with Crippen LogP contribution in [0.5, 0.6) is 0 Å². The van der Waals surface area contributed by atoms with Gasteiger partial charge in [-0.2, -0.15) is 0 Å². The summed E-state index contributed by atoms with van der Waals surface area (Å²) in [6.45, 7) is 3.70. The van der Waals surface area contributed by atoms with Gasteiger partial charge in [-0.15, -0.1) is 0 Å². The molecular formula is C14H18F3NO. The van der Waals surface area contributed by atoms with Gasteiger partial charge in [0, 0.05) is 36.3 Å². The van der Waals surface area contributed by atoms with Crippen molar-refractivity contribution in [1.29, 1.82) is 0 Å². The molecule has 0 saturated carbocycles. The molecule has 1 fully saturated rings. The zero-order valence-electron chi connectivity index (χ0n) is 10.9. The average molecular weight is 273 g/mol. The Morgan fingerprint density at radius 2 is 2.00 bits per heavy atom. The van der Waals surface area contributed by atoms with Gasteiger partial charge in [0.05, 0.1) is 6.61 Å². The predicted molar refractivity (Wildman–Crippen MR) is 66.3 cm³/mol. The first kappa shape index (κ1) is 14.3. The third-order valence-corrected chi connectivity index (χ3v) is 3.41. The molecule has 1 aromatic carbocycles. The zero-order valence-corrected chi connectivity index (χ0v) is 10.9. The van der Waals surface area contributed by atoms with Gasteiger partial charge in [0.15, 0.2) is 0 Å². The molecule has 0 aromatic heterocycles. The van der Waals surface area contributed by atoms with Gasteiger partial charge in [0.25, 0.3) is 0 Å². The van der Waals surface area contributed by atoms with E-state index in [1.54, 1.807) is 0 Å². The molecule has 19 heavy (non-hydrogen) atoms. The molecule has 2 unspecified atom stereocenters. The van der Waals surface area contributed by atoms with E-state index in [-0.39, 0.29) is 11.5 Å². The van der Waals surface area contributed by atoms with Gasteiger partial charge in [-0.1, -0.05) is 6.92 Å². The van der Waals surface area contributed by atoms with Crippen molar-refractivity contribution < 1.29 is 17.9 Å². The van der Waals surface area contributed by atoms with Crippen molar-refractivity contribution in [3.63, 3.8) is 0 Å². The van der Waals surface area contributed by atoms with Gasteiger partial charge >= 0.3 is 0 Å². The fourth-order valence-corrected chi connectivity index (χ4v) is 2.47. The van der Waals surface area contributed by atoms with E-state index in [0.717, 1.165) is 25.0 Å². The first-order valence-electron chi connectivity index (χ1n) is 6.59. The number of halogens is 3. The van der Waals surface area contributed by atoms with Crippen LogP contribution in [0.15, 0.2) is 12.1 Å². The second-order valence-electron chi connectivity index (χ2n) is 4.84. The fourth-order valence-electron chi connectivity index (χ4n) is 2.47. The molecule has 1 aliphatic rings. The van der Waals surface area contributed by atoms with Gasteiger partial charge in [0.2, 0.25) is 0 Å². The highest BCUT2D eigenvalue weighted by molar-refractivity contribution is 5.25. The molecule has 1 saturated heterocycles. The molecule has 1 aliphatic heterocycles. The maximum Gasteiger partial charge on any atom is 0.133 e. The lowest BCUT2D eigenvalue weighted by Crippen LogP contribution is -2.31. The third kappa shape index (κ3) is 3.28. The highest BCUT2D eigenvalue weighted by atomic mass is 19.1. The van der Waals surface area contributed by atoms with Gasteiger partial charge in [-0.05, 0) is 19.4 Å². The van der Waals surface area contributed by atoms with E-state index in [4.69, 9.17) is 4.74 Å². The topological polar surface area (TPSA) is 21.3 Å². The summed E-state index contributed by atoms with van der Waals surface area (Å²) in [5, 5.41) is 3.15. The highest BCUT2D eigenvalue weighted by Crippen LogP contribution is 2.32. The van der Waals surface area contributed by atoms with Gasteiger partial charge in [-0.25, -0.2) is 13.2 Å². The van der Waals surface area contributed by atoms with Crippen molar-refractivity contribution in [3.8, 4) is 0 Å². The molecule has 2 nitrogen and oxygen atoms in total. The molecule has 0 radical (unpaired) electrons. The van der Waals surface area contributed by atoms with Crippen LogP contribution in [-0.2, 0) is 4.74 Å². The summed E-state index contributed by atoms with van der Waals surface area (Å²) in [4.78, 5) is 0. The number of rotatable bonds is 5. The molecule has 106 valence electrons. The average Bonchev–Trinajstić information content (AvgIpc) is 2.85. The maximum absolute atomic E-state index is 13.9. The van der Waals surface area contributed by atoms with E-state index >= 15 is 0 Å². The lowest BCUT2D eigenvalue weighted by Gasteiger charge is -2.25. The van der Waals surface area contributed by atoms with Crippen LogP contribution in [0.1, 0.15) is 31.4 Å². The Labute approximate surface area is 111 Å². The van der Waals surface area contributed by atoms with Crippen molar-refractivity contribution >= 4 is 0 Å². The summed E-state index contributed by atoms with van der Waals surface area (Å²) < 4.78 is 46.0. The predicted octanol–water partition coefficient (Wildman–Crippen LogP) is 3.18. The molecule has 0 aliphatic carbocycles. The Balaban J connectivity index is 2.31. The molecule has 1 N–H and O–H groups in total. The lowest BCUT2D eigenvalue weighted by molar-refractivity contribution is 0.175. The Kier molecular flexibility index (Phi) is 4.82. The minimum atomic E-state index is -0.893. The smallest absolute Gasteiger partial charge is 0.133 e. The largest absolute Gasteiger partial charge is 0.381 e. The molecule has 0 amide bonds. The Morgan fingerprint density at radius 1 is 1.32 bits per heavy atom. The van der Waals surface area contributed by atoms with Crippen LogP contribution in [0, 0.1) is 23.4 Å². The molecule has 0 spiro atoms. The maximum atomic E-state index is 13.9. The quantitative estimate of drug-likeness (QED) is 0.889. The van der Waals surface area contributed by atoms with E-state index in [1.165, 1.54) is 0 Å². The van der Waals surface area contributed by atoms with Crippen molar-refractivity contribution in [2.24, 2.45) is 5.92 Å². The molecular weight excluding hydrogens is 255 g/mol.